The number of amides is 4. The van der Waals surface area contributed by atoms with E-state index in [4.69, 9.17) is 0 Å². The van der Waals surface area contributed by atoms with E-state index in [1.54, 1.807) is 0 Å². The summed E-state index contributed by atoms with van der Waals surface area (Å²) in [4.78, 5) is 38.4. The number of imide groups is 1. The van der Waals surface area contributed by atoms with Crippen LogP contribution in [0.4, 0.5) is 18.0 Å². The fourth-order valence-corrected chi connectivity index (χ4v) is 4.06. The second-order valence-electron chi connectivity index (χ2n) is 7.79. The number of nitrogens with one attached hydrogen (secondary N) is 2. The number of urea groups is 1. The lowest BCUT2D eigenvalue weighted by molar-refractivity contribution is -0.140. The highest BCUT2D eigenvalue weighted by Crippen LogP contribution is 2.39. The fourth-order valence-electron chi connectivity index (χ4n) is 4.06. The first kappa shape index (κ1) is 21.6. The van der Waals surface area contributed by atoms with E-state index in [1.165, 1.54) is 19.1 Å². The SMILES string of the molecule is C[C@]1(c2ccccc2C(F)(F)F)NC(=O)N(CC(=O)NC2(C#N)CCCCC2)C1=O. The van der Waals surface area contributed by atoms with Gasteiger partial charge in [0.1, 0.15) is 17.6 Å². The highest BCUT2D eigenvalue weighted by Gasteiger charge is 2.52. The maximum Gasteiger partial charge on any atom is 0.416 e. The van der Waals surface area contributed by atoms with Gasteiger partial charge in [0.25, 0.3) is 5.91 Å². The van der Waals surface area contributed by atoms with Gasteiger partial charge in [-0.3, -0.25) is 14.5 Å². The van der Waals surface area contributed by atoms with Crippen LogP contribution in [0.3, 0.4) is 0 Å². The van der Waals surface area contributed by atoms with Crippen LogP contribution in [-0.2, 0) is 21.3 Å². The van der Waals surface area contributed by atoms with E-state index in [2.05, 4.69) is 16.7 Å². The highest BCUT2D eigenvalue weighted by atomic mass is 19.4. The average Bonchev–Trinajstić information content (AvgIpc) is 2.92. The highest BCUT2D eigenvalue weighted by molar-refractivity contribution is 6.09. The van der Waals surface area contributed by atoms with Crippen LogP contribution in [-0.4, -0.2) is 34.8 Å². The summed E-state index contributed by atoms with van der Waals surface area (Å²) in [6, 6.07) is 5.61. The number of benzene rings is 1. The summed E-state index contributed by atoms with van der Waals surface area (Å²) in [6.45, 7) is 0.492. The minimum absolute atomic E-state index is 0.403. The molecule has 160 valence electrons. The van der Waals surface area contributed by atoms with Gasteiger partial charge in [0.15, 0.2) is 0 Å². The van der Waals surface area contributed by atoms with Crippen LogP contribution in [0.1, 0.15) is 50.2 Å². The van der Waals surface area contributed by atoms with Crippen molar-refractivity contribution in [3.63, 3.8) is 0 Å². The Labute approximate surface area is 171 Å². The van der Waals surface area contributed by atoms with E-state index in [0.29, 0.717) is 17.7 Å². The molecule has 3 rings (SSSR count). The topological polar surface area (TPSA) is 102 Å². The lowest BCUT2D eigenvalue weighted by Gasteiger charge is -2.32. The van der Waals surface area contributed by atoms with Gasteiger partial charge in [-0.1, -0.05) is 37.5 Å². The van der Waals surface area contributed by atoms with Gasteiger partial charge in [-0.15, -0.1) is 0 Å². The molecule has 4 amide bonds. The molecule has 0 unspecified atom stereocenters. The lowest BCUT2D eigenvalue weighted by Crippen LogP contribution is -2.52. The van der Waals surface area contributed by atoms with Crippen molar-refractivity contribution >= 4 is 17.8 Å². The molecular formula is C20H21F3N4O3. The van der Waals surface area contributed by atoms with Crippen LogP contribution in [0, 0.1) is 11.3 Å². The summed E-state index contributed by atoms with van der Waals surface area (Å²) in [5.74, 6) is -1.68. The van der Waals surface area contributed by atoms with Crippen LogP contribution in [0.2, 0.25) is 0 Å². The molecule has 1 saturated heterocycles. The van der Waals surface area contributed by atoms with Gasteiger partial charge < -0.3 is 10.6 Å². The molecule has 1 aromatic carbocycles. The van der Waals surface area contributed by atoms with Gasteiger partial charge in [-0.05, 0) is 31.4 Å². The number of nitriles is 1. The standard InChI is InChI=1S/C20H21F3N4O3/c1-18(13-7-3-4-8-14(13)20(21,22)23)16(29)27(17(30)26-18)11-15(28)25-19(12-24)9-5-2-6-10-19/h3-4,7-8H,2,5-6,9-11H2,1H3,(H,25,28)(H,26,30)/t18-/m1/s1. The first-order valence-electron chi connectivity index (χ1n) is 9.55. The van der Waals surface area contributed by atoms with Crippen molar-refractivity contribution in [2.45, 2.75) is 56.3 Å². The predicted molar refractivity (Wildman–Crippen MR) is 98.6 cm³/mol. The smallest absolute Gasteiger partial charge is 0.336 e. The Morgan fingerprint density at radius 1 is 1.23 bits per heavy atom. The molecular weight excluding hydrogens is 401 g/mol. The zero-order valence-corrected chi connectivity index (χ0v) is 16.3. The Morgan fingerprint density at radius 3 is 2.47 bits per heavy atom. The second kappa shape index (κ2) is 7.63. The molecule has 2 fully saturated rings. The van der Waals surface area contributed by atoms with E-state index in [9.17, 15) is 32.8 Å². The Bertz CT molecular complexity index is 919. The molecule has 1 aliphatic heterocycles. The van der Waals surface area contributed by atoms with Gasteiger partial charge >= 0.3 is 12.2 Å². The number of halogens is 3. The molecule has 0 spiro atoms. The number of carbonyl (C=O) groups is 3. The van der Waals surface area contributed by atoms with Crippen molar-refractivity contribution < 1.29 is 27.6 Å². The van der Waals surface area contributed by atoms with Crippen molar-refractivity contribution in [1.82, 2.24) is 15.5 Å². The first-order valence-corrected chi connectivity index (χ1v) is 9.55. The third-order valence-electron chi connectivity index (χ3n) is 5.65. The Hall–Kier alpha value is -3.09. The minimum Gasteiger partial charge on any atom is -0.336 e. The molecule has 2 N–H and O–H groups in total. The van der Waals surface area contributed by atoms with Crippen LogP contribution in [0.5, 0.6) is 0 Å². The van der Waals surface area contributed by atoms with Crippen LogP contribution in [0.25, 0.3) is 0 Å². The molecule has 0 aromatic heterocycles. The van der Waals surface area contributed by atoms with Crippen LogP contribution < -0.4 is 10.6 Å². The molecule has 7 nitrogen and oxygen atoms in total. The van der Waals surface area contributed by atoms with Crippen molar-refractivity contribution in [2.75, 3.05) is 6.54 Å². The molecule has 1 aliphatic carbocycles. The third kappa shape index (κ3) is 3.84. The number of rotatable bonds is 4. The number of nitrogens with zero attached hydrogens (tertiary/aromatic N) is 2. The molecule has 1 atom stereocenters. The summed E-state index contributed by atoms with van der Waals surface area (Å²) in [5, 5.41) is 14.3. The molecule has 2 aliphatic rings. The molecule has 1 saturated carbocycles. The van der Waals surface area contributed by atoms with E-state index in [0.717, 1.165) is 31.4 Å². The molecule has 30 heavy (non-hydrogen) atoms. The quantitative estimate of drug-likeness (QED) is 0.729. The summed E-state index contributed by atoms with van der Waals surface area (Å²) in [7, 11) is 0. The lowest BCUT2D eigenvalue weighted by atomic mass is 9.83. The first-order chi connectivity index (χ1) is 14.0. The summed E-state index contributed by atoms with van der Waals surface area (Å²) < 4.78 is 40.2. The van der Waals surface area contributed by atoms with Crippen LogP contribution in [0.15, 0.2) is 24.3 Å². The molecule has 10 heteroatoms. The Morgan fingerprint density at radius 2 is 1.87 bits per heavy atom. The predicted octanol–water partition coefficient (Wildman–Crippen LogP) is 2.82. The second-order valence-corrected chi connectivity index (χ2v) is 7.79. The van der Waals surface area contributed by atoms with Gasteiger partial charge in [0.2, 0.25) is 5.91 Å². The Balaban J connectivity index is 1.82. The third-order valence-corrected chi connectivity index (χ3v) is 5.65. The number of hydrogen-bond acceptors (Lipinski definition) is 4. The molecule has 1 heterocycles. The summed E-state index contributed by atoms with van der Waals surface area (Å²) >= 11 is 0. The van der Waals surface area contributed by atoms with Gasteiger partial charge in [0.05, 0.1) is 11.6 Å². The van der Waals surface area contributed by atoms with E-state index < -0.39 is 52.8 Å². The number of hydrogen-bond donors (Lipinski definition) is 2. The number of alkyl halides is 3. The molecule has 1 aromatic rings. The maximum absolute atomic E-state index is 13.4. The monoisotopic (exact) mass is 422 g/mol. The van der Waals surface area contributed by atoms with E-state index >= 15 is 0 Å². The average molecular weight is 422 g/mol. The minimum atomic E-state index is -4.73. The van der Waals surface area contributed by atoms with Crippen molar-refractivity contribution in [3.8, 4) is 6.07 Å². The zero-order valence-electron chi connectivity index (χ0n) is 16.3. The van der Waals surface area contributed by atoms with Gasteiger partial charge in [0, 0.05) is 0 Å². The van der Waals surface area contributed by atoms with Gasteiger partial charge in [-0.25, -0.2) is 4.79 Å². The van der Waals surface area contributed by atoms with E-state index in [1.807, 2.05) is 0 Å². The maximum atomic E-state index is 13.4. The van der Waals surface area contributed by atoms with Crippen molar-refractivity contribution in [3.05, 3.63) is 35.4 Å². The van der Waals surface area contributed by atoms with Crippen LogP contribution >= 0.6 is 0 Å². The normalized spacial score (nSPS) is 23.6. The number of carbonyl (C=O) groups excluding carboxylic acids is 3. The van der Waals surface area contributed by atoms with Gasteiger partial charge in [-0.2, -0.15) is 18.4 Å². The molecule has 0 radical (unpaired) electrons. The summed E-state index contributed by atoms with van der Waals surface area (Å²) in [6.07, 6.45) is -1.32. The largest absolute Gasteiger partial charge is 0.416 e. The van der Waals surface area contributed by atoms with Crippen molar-refractivity contribution in [2.24, 2.45) is 0 Å². The Kier molecular flexibility index (Phi) is 5.50. The van der Waals surface area contributed by atoms with Crippen molar-refractivity contribution in [1.29, 1.82) is 5.26 Å². The summed E-state index contributed by atoms with van der Waals surface area (Å²) in [5.41, 5.74) is -4.47. The zero-order chi connectivity index (χ0) is 22.2. The molecule has 0 bridgehead atoms. The fraction of sp³-hybridized carbons (Fsp3) is 0.500. The van der Waals surface area contributed by atoms with E-state index in [-0.39, 0.29) is 0 Å².